The Hall–Kier alpha value is -4.21. The summed E-state index contributed by atoms with van der Waals surface area (Å²) in [5.74, 6) is 0. The maximum absolute atomic E-state index is 9.59. The van der Waals surface area contributed by atoms with E-state index in [0.717, 1.165) is 55.6 Å². The number of nitriles is 1. The topological polar surface area (TPSA) is 90.3 Å². The fourth-order valence-electron chi connectivity index (χ4n) is 4.00. The van der Waals surface area contributed by atoms with Gasteiger partial charge in [0.1, 0.15) is 11.7 Å². The second-order valence-electron chi connectivity index (χ2n) is 8.26. The number of nitrogens with one attached hydrogen (secondary N) is 2. The van der Waals surface area contributed by atoms with Crippen molar-refractivity contribution < 1.29 is 0 Å². The van der Waals surface area contributed by atoms with Gasteiger partial charge in [-0.05, 0) is 60.0 Å². The third-order valence-electron chi connectivity index (χ3n) is 5.69. The minimum atomic E-state index is 0.572. The van der Waals surface area contributed by atoms with Crippen molar-refractivity contribution in [3.63, 3.8) is 0 Å². The molecule has 4 heterocycles. The SMILES string of the molecule is C=C(NCc1cnc2[nH]cc(Cl)c2c1)c1ccnc(Cc2cc(C#N)c3ncc(C)cc3c2)c1. The highest BCUT2D eigenvalue weighted by atomic mass is 35.5. The number of H-pyrrole nitrogens is 1. The molecular weight excluding hydrogens is 444 g/mol. The maximum Gasteiger partial charge on any atom is 0.138 e. The van der Waals surface area contributed by atoms with E-state index in [1.54, 1.807) is 18.6 Å². The number of nitrogens with zero attached hydrogens (tertiary/aromatic N) is 4. The fourth-order valence-corrected chi connectivity index (χ4v) is 4.20. The van der Waals surface area contributed by atoms with E-state index in [0.29, 0.717) is 23.6 Å². The van der Waals surface area contributed by atoms with E-state index in [2.05, 4.69) is 50.0 Å². The Labute approximate surface area is 202 Å². The highest BCUT2D eigenvalue weighted by Crippen LogP contribution is 2.24. The first-order chi connectivity index (χ1) is 16.5. The quantitative estimate of drug-likeness (QED) is 0.337. The molecule has 34 heavy (non-hydrogen) atoms. The predicted molar refractivity (Wildman–Crippen MR) is 135 cm³/mol. The van der Waals surface area contributed by atoms with E-state index in [-0.39, 0.29) is 0 Å². The Morgan fingerprint density at radius 1 is 1.12 bits per heavy atom. The molecule has 0 saturated heterocycles. The minimum Gasteiger partial charge on any atom is -0.381 e. The number of hydrogen-bond acceptors (Lipinski definition) is 5. The third-order valence-corrected chi connectivity index (χ3v) is 6.01. The van der Waals surface area contributed by atoms with Gasteiger partial charge in [0.15, 0.2) is 0 Å². The standard InChI is InChI=1S/C27H21ClN6/c1-16-5-21-6-18(7-22(11-29)26(21)32-12-16)8-23-10-20(3-4-30-23)17(2)31-13-19-9-24-25(28)15-34-27(24)33-14-19/h3-7,9-10,12,14-15,31H,2,8,13H2,1H3,(H,33,34). The molecule has 6 nitrogen and oxygen atoms in total. The van der Waals surface area contributed by atoms with Crippen LogP contribution in [-0.2, 0) is 13.0 Å². The van der Waals surface area contributed by atoms with Crippen LogP contribution < -0.4 is 5.32 Å². The Bertz CT molecular complexity index is 1590. The molecule has 166 valence electrons. The van der Waals surface area contributed by atoms with Crippen LogP contribution in [0.2, 0.25) is 5.02 Å². The van der Waals surface area contributed by atoms with E-state index in [1.165, 1.54) is 0 Å². The van der Waals surface area contributed by atoms with Crippen molar-refractivity contribution in [1.82, 2.24) is 25.3 Å². The highest BCUT2D eigenvalue weighted by molar-refractivity contribution is 6.35. The summed E-state index contributed by atoms with van der Waals surface area (Å²) in [4.78, 5) is 16.4. The molecule has 0 fully saturated rings. The number of aromatic nitrogens is 4. The fraction of sp³-hybridized carbons (Fsp3) is 0.111. The molecule has 0 unspecified atom stereocenters. The van der Waals surface area contributed by atoms with Gasteiger partial charge in [0, 0.05) is 65.5 Å². The largest absolute Gasteiger partial charge is 0.381 e. The Morgan fingerprint density at radius 3 is 2.85 bits per heavy atom. The van der Waals surface area contributed by atoms with Gasteiger partial charge in [0.25, 0.3) is 0 Å². The zero-order valence-electron chi connectivity index (χ0n) is 18.6. The summed E-state index contributed by atoms with van der Waals surface area (Å²) >= 11 is 6.21. The summed E-state index contributed by atoms with van der Waals surface area (Å²) in [5, 5.41) is 15.5. The van der Waals surface area contributed by atoms with E-state index < -0.39 is 0 Å². The van der Waals surface area contributed by atoms with Crippen LogP contribution in [0.1, 0.15) is 33.5 Å². The van der Waals surface area contributed by atoms with Gasteiger partial charge in [-0.25, -0.2) is 4.98 Å². The lowest BCUT2D eigenvalue weighted by molar-refractivity contribution is 0.886. The zero-order valence-corrected chi connectivity index (χ0v) is 19.3. The van der Waals surface area contributed by atoms with Gasteiger partial charge in [0.2, 0.25) is 0 Å². The molecule has 1 aromatic carbocycles. The first-order valence-electron chi connectivity index (χ1n) is 10.8. The lowest BCUT2D eigenvalue weighted by Gasteiger charge is -2.11. The van der Waals surface area contributed by atoms with Crippen LogP contribution in [0.3, 0.4) is 0 Å². The van der Waals surface area contributed by atoms with Gasteiger partial charge < -0.3 is 10.3 Å². The van der Waals surface area contributed by atoms with E-state index >= 15 is 0 Å². The number of rotatable bonds is 6. The molecule has 0 bridgehead atoms. The summed E-state index contributed by atoms with van der Waals surface area (Å²) in [6.07, 6.45) is 7.72. The Kier molecular flexibility index (Phi) is 5.70. The van der Waals surface area contributed by atoms with E-state index in [4.69, 9.17) is 11.6 Å². The van der Waals surface area contributed by atoms with Gasteiger partial charge in [-0.15, -0.1) is 0 Å². The van der Waals surface area contributed by atoms with Crippen LogP contribution in [-0.4, -0.2) is 19.9 Å². The minimum absolute atomic E-state index is 0.572. The number of benzene rings is 1. The third kappa shape index (κ3) is 4.34. The number of hydrogen-bond donors (Lipinski definition) is 2. The molecule has 0 aliphatic heterocycles. The molecule has 2 N–H and O–H groups in total. The van der Waals surface area contributed by atoms with Crippen LogP contribution in [0.15, 0.2) is 67.8 Å². The first kappa shape index (κ1) is 21.6. The van der Waals surface area contributed by atoms with Crippen LogP contribution in [0.4, 0.5) is 0 Å². The number of aryl methyl sites for hydroxylation is 1. The second-order valence-corrected chi connectivity index (χ2v) is 8.67. The van der Waals surface area contributed by atoms with Crippen molar-refractivity contribution in [3.8, 4) is 6.07 Å². The van der Waals surface area contributed by atoms with Crippen molar-refractivity contribution in [2.75, 3.05) is 0 Å². The Morgan fingerprint density at radius 2 is 2.00 bits per heavy atom. The van der Waals surface area contributed by atoms with E-state index in [9.17, 15) is 5.26 Å². The molecular formula is C27H21ClN6. The van der Waals surface area contributed by atoms with Gasteiger partial charge in [0.05, 0.1) is 16.1 Å². The van der Waals surface area contributed by atoms with Crippen molar-refractivity contribution >= 4 is 39.2 Å². The number of fused-ring (bicyclic) bond motifs is 2. The molecule has 0 amide bonds. The molecule has 0 spiro atoms. The molecule has 0 radical (unpaired) electrons. The van der Waals surface area contributed by atoms with Gasteiger partial charge >= 0.3 is 0 Å². The highest BCUT2D eigenvalue weighted by Gasteiger charge is 2.09. The number of halogens is 1. The Balaban J connectivity index is 1.33. The molecule has 5 rings (SSSR count). The first-order valence-corrected chi connectivity index (χ1v) is 11.2. The summed E-state index contributed by atoms with van der Waals surface area (Å²) in [6.45, 7) is 6.76. The molecule has 5 aromatic rings. The zero-order chi connectivity index (χ0) is 23.7. The van der Waals surface area contributed by atoms with Gasteiger partial charge in [-0.2, -0.15) is 5.26 Å². The molecule has 4 aromatic heterocycles. The summed E-state index contributed by atoms with van der Waals surface area (Å²) in [7, 11) is 0. The predicted octanol–water partition coefficient (Wildman–Crippen LogP) is 5.69. The molecule has 7 heteroatoms. The van der Waals surface area contributed by atoms with Gasteiger partial charge in [-0.3, -0.25) is 9.97 Å². The number of pyridine rings is 3. The van der Waals surface area contributed by atoms with Gasteiger partial charge in [-0.1, -0.05) is 18.2 Å². The van der Waals surface area contributed by atoms with E-state index in [1.807, 2.05) is 37.4 Å². The smallest absolute Gasteiger partial charge is 0.138 e. The van der Waals surface area contributed by atoms with Crippen molar-refractivity contribution in [2.45, 2.75) is 19.9 Å². The van der Waals surface area contributed by atoms with Crippen LogP contribution in [0, 0.1) is 18.3 Å². The average molecular weight is 465 g/mol. The summed E-state index contributed by atoms with van der Waals surface area (Å²) in [5.41, 5.74) is 7.79. The molecule has 0 saturated carbocycles. The van der Waals surface area contributed by atoms with Crippen LogP contribution in [0.5, 0.6) is 0 Å². The average Bonchev–Trinajstić information content (AvgIpc) is 3.22. The lowest BCUT2D eigenvalue weighted by Crippen LogP contribution is -2.11. The summed E-state index contributed by atoms with van der Waals surface area (Å²) < 4.78 is 0. The van der Waals surface area contributed by atoms with Crippen LogP contribution in [0.25, 0.3) is 27.6 Å². The number of aromatic amines is 1. The van der Waals surface area contributed by atoms with Crippen LogP contribution >= 0.6 is 11.6 Å². The monoisotopic (exact) mass is 464 g/mol. The lowest BCUT2D eigenvalue weighted by atomic mass is 10.0. The molecule has 0 atom stereocenters. The normalized spacial score (nSPS) is 11.0. The maximum atomic E-state index is 9.59. The molecule has 0 aliphatic rings. The summed E-state index contributed by atoms with van der Waals surface area (Å²) in [6, 6.07) is 14.2. The second kappa shape index (κ2) is 8.97. The van der Waals surface area contributed by atoms with Crippen molar-refractivity contribution in [2.24, 2.45) is 0 Å². The van der Waals surface area contributed by atoms with Crippen molar-refractivity contribution in [1.29, 1.82) is 5.26 Å². The molecule has 0 aliphatic carbocycles. The van der Waals surface area contributed by atoms with Crippen molar-refractivity contribution in [3.05, 3.63) is 106 Å².